The van der Waals surface area contributed by atoms with E-state index in [4.69, 9.17) is 4.74 Å². The Bertz CT molecular complexity index is 1360. The molecule has 14 heteroatoms. The van der Waals surface area contributed by atoms with Crippen molar-refractivity contribution in [1.29, 1.82) is 0 Å². The second-order valence-corrected chi connectivity index (χ2v) is 12.8. The van der Waals surface area contributed by atoms with Crippen molar-refractivity contribution in [2.24, 2.45) is 5.92 Å². The summed E-state index contributed by atoms with van der Waals surface area (Å²) < 4.78 is 33.0. The molecular weight excluding hydrogens is 580 g/mol. The maximum Gasteiger partial charge on any atom is 0.407 e. The molecule has 236 valence electrons. The Kier molecular flexibility index (Phi) is 13.1. The lowest BCUT2D eigenvalue weighted by Gasteiger charge is -2.32. The molecule has 3 N–H and O–H groups in total. The monoisotopic (exact) mass is 620 g/mol. The van der Waals surface area contributed by atoms with Gasteiger partial charge in [0, 0.05) is 32.2 Å². The van der Waals surface area contributed by atoms with Crippen LogP contribution in [0.1, 0.15) is 52.0 Å². The number of nitro benzene ring substituents is 1. The van der Waals surface area contributed by atoms with E-state index in [-0.39, 0.29) is 25.9 Å². The number of nitrogens with zero attached hydrogens (tertiary/aromatic N) is 2. The van der Waals surface area contributed by atoms with Gasteiger partial charge in [-0.1, -0.05) is 48.9 Å². The molecule has 0 radical (unpaired) electrons. The number of hydrogen-bond acceptors (Lipinski definition) is 8. The molecule has 2 aromatic rings. The fraction of sp³-hybridized carbons (Fsp3) is 0.483. The molecule has 0 heterocycles. The van der Waals surface area contributed by atoms with Gasteiger partial charge in [-0.05, 0) is 51.7 Å². The van der Waals surface area contributed by atoms with E-state index >= 15 is 0 Å². The number of carboxylic acid groups (broad SMARTS) is 1. The smallest absolute Gasteiger partial charge is 0.407 e. The quantitative estimate of drug-likeness (QED) is 0.143. The third kappa shape index (κ3) is 12.0. The molecule has 0 aliphatic rings. The number of carbonyl (C=O) groups is 3. The summed E-state index contributed by atoms with van der Waals surface area (Å²) in [6.07, 6.45) is 0.249. The summed E-state index contributed by atoms with van der Waals surface area (Å²) in [4.78, 5) is 48.9. The number of hydrogen-bond donors (Lipinski definition) is 3. The van der Waals surface area contributed by atoms with E-state index < -0.39 is 61.1 Å². The second-order valence-electron chi connectivity index (χ2n) is 11.1. The number of likely N-dealkylation sites (N-methyl/N-ethyl adjacent to an activating group) is 1. The Balaban J connectivity index is 2.11. The van der Waals surface area contributed by atoms with Crippen molar-refractivity contribution in [2.75, 3.05) is 20.1 Å². The van der Waals surface area contributed by atoms with E-state index in [1.54, 1.807) is 40.0 Å². The molecule has 13 nitrogen and oxygen atoms in total. The number of carbonyl (C=O) groups excluding carboxylic acids is 2. The minimum Gasteiger partial charge on any atom is -0.481 e. The van der Waals surface area contributed by atoms with Crippen LogP contribution in [0.3, 0.4) is 0 Å². The number of alkyl carbamates (subject to hydrolysis) is 1. The standard InChI is InChI=1S/C29H40N4O9S/c1-29(2,3)42-28(37)30-20-23(32(4)27(36)22(19-26(34)35)18-21-12-6-5-7-13-21)14-10-11-17-31-43(40,41)25-16-9-8-15-24(25)33(38)39/h5-9,12-13,15-16,22-23,31H,10-11,14,17-20H2,1-4H3,(H,30,37)(H,34,35)/t22-,23+/m1/s1. The van der Waals surface area contributed by atoms with E-state index in [1.165, 1.54) is 17.0 Å². The van der Waals surface area contributed by atoms with E-state index in [9.17, 15) is 38.0 Å². The highest BCUT2D eigenvalue weighted by Crippen LogP contribution is 2.23. The lowest BCUT2D eigenvalue weighted by atomic mass is 9.94. The van der Waals surface area contributed by atoms with Crippen molar-refractivity contribution >= 4 is 33.7 Å². The molecule has 0 aliphatic heterocycles. The van der Waals surface area contributed by atoms with E-state index in [0.717, 1.165) is 17.7 Å². The van der Waals surface area contributed by atoms with Crippen LogP contribution in [0.25, 0.3) is 0 Å². The van der Waals surface area contributed by atoms with Crippen molar-refractivity contribution < 1.29 is 37.6 Å². The van der Waals surface area contributed by atoms with Crippen molar-refractivity contribution in [3.05, 3.63) is 70.3 Å². The lowest BCUT2D eigenvalue weighted by Crippen LogP contribution is -2.48. The van der Waals surface area contributed by atoms with Crippen molar-refractivity contribution in [1.82, 2.24) is 14.9 Å². The Morgan fingerprint density at radius 1 is 1.05 bits per heavy atom. The number of nitrogens with one attached hydrogen (secondary N) is 2. The van der Waals surface area contributed by atoms with Crippen LogP contribution in [0.15, 0.2) is 59.5 Å². The maximum atomic E-state index is 13.5. The summed E-state index contributed by atoms with van der Waals surface area (Å²) in [5, 5.41) is 23.4. The summed E-state index contributed by atoms with van der Waals surface area (Å²) in [5.74, 6) is -2.36. The summed E-state index contributed by atoms with van der Waals surface area (Å²) in [7, 11) is -2.60. The van der Waals surface area contributed by atoms with Crippen LogP contribution in [0.4, 0.5) is 10.5 Å². The van der Waals surface area contributed by atoms with Crippen LogP contribution >= 0.6 is 0 Å². The number of carboxylic acids is 1. The Morgan fingerprint density at radius 3 is 2.28 bits per heavy atom. The summed E-state index contributed by atoms with van der Waals surface area (Å²) in [6.45, 7) is 5.14. The minimum absolute atomic E-state index is 0.0181. The number of para-hydroxylation sites is 1. The Labute approximate surface area is 251 Å². The van der Waals surface area contributed by atoms with Crippen LogP contribution in [0, 0.1) is 16.0 Å². The van der Waals surface area contributed by atoms with E-state index in [0.29, 0.717) is 19.3 Å². The van der Waals surface area contributed by atoms with Gasteiger partial charge in [-0.25, -0.2) is 17.9 Å². The third-order valence-corrected chi connectivity index (χ3v) is 7.99. The van der Waals surface area contributed by atoms with Gasteiger partial charge in [0.25, 0.3) is 5.69 Å². The zero-order valence-corrected chi connectivity index (χ0v) is 25.6. The molecule has 0 aliphatic carbocycles. The zero-order valence-electron chi connectivity index (χ0n) is 24.8. The highest BCUT2D eigenvalue weighted by molar-refractivity contribution is 7.89. The van der Waals surface area contributed by atoms with Gasteiger partial charge in [0.2, 0.25) is 15.9 Å². The van der Waals surface area contributed by atoms with Gasteiger partial charge in [0.15, 0.2) is 4.90 Å². The predicted octanol–water partition coefficient (Wildman–Crippen LogP) is 3.73. The normalized spacial score (nSPS) is 13.0. The van der Waals surface area contributed by atoms with Crippen molar-refractivity contribution in [3.63, 3.8) is 0 Å². The average molecular weight is 621 g/mol. The van der Waals surface area contributed by atoms with Crippen molar-refractivity contribution in [3.8, 4) is 0 Å². The Morgan fingerprint density at radius 2 is 1.67 bits per heavy atom. The molecule has 0 bridgehead atoms. The topological polar surface area (TPSA) is 185 Å². The van der Waals surface area contributed by atoms with E-state index in [1.807, 2.05) is 18.2 Å². The molecule has 0 saturated carbocycles. The van der Waals surface area contributed by atoms with Crippen LogP contribution < -0.4 is 10.0 Å². The van der Waals surface area contributed by atoms with E-state index in [2.05, 4.69) is 10.0 Å². The number of nitro groups is 1. The van der Waals surface area contributed by atoms with Gasteiger partial charge in [-0.3, -0.25) is 19.7 Å². The lowest BCUT2D eigenvalue weighted by molar-refractivity contribution is -0.387. The summed E-state index contributed by atoms with van der Waals surface area (Å²) >= 11 is 0. The Hall–Kier alpha value is -4.04. The number of ether oxygens (including phenoxy) is 1. The first-order valence-electron chi connectivity index (χ1n) is 13.8. The molecule has 43 heavy (non-hydrogen) atoms. The predicted molar refractivity (Wildman–Crippen MR) is 159 cm³/mol. The van der Waals surface area contributed by atoms with Gasteiger partial charge < -0.3 is 20.1 Å². The summed E-state index contributed by atoms with van der Waals surface area (Å²) in [6, 6.07) is 13.5. The molecule has 0 fully saturated rings. The van der Waals surface area contributed by atoms with Gasteiger partial charge in [-0.15, -0.1) is 0 Å². The fourth-order valence-corrected chi connectivity index (χ4v) is 5.64. The van der Waals surface area contributed by atoms with Gasteiger partial charge in [0.1, 0.15) is 5.60 Å². The number of benzene rings is 2. The number of rotatable bonds is 16. The van der Waals surface area contributed by atoms with Gasteiger partial charge >= 0.3 is 12.1 Å². The number of sulfonamides is 1. The average Bonchev–Trinajstić information content (AvgIpc) is 2.92. The second kappa shape index (κ2) is 16.0. The summed E-state index contributed by atoms with van der Waals surface area (Å²) in [5.41, 5.74) is -0.464. The molecule has 2 amide bonds. The number of unbranched alkanes of at least 4 members (excludes halogenated alkanes) is 1. The molecular formula is C29H40N4O9S. The first-order chi connectivity index (χ1) is 20.1. The van der Waals surface area contributed by atoms with Crippen LogP contribution in [0.5, 0.6) is 0 Å². The molecule has 0 aromatic heterocycles. The zero-order chi connectivity index (χ0) is 32.2. The first kappa shape index (κ1) is 35.2. The van der Waals surface area contributed by atoms with Crippen LogP contribution in [-0.4, -0.2) is 73.1 Å². The maximum absolute atomic E-state index is 13.5. The molecule has 2 atom stereocenters. The highest BCUT2D eigenvalue weighted by Gasteiger charge is 2.30. The first-order valence-corrected chi connectivity index (χ1v) is 15.3. The fourth-order valence-electron chi connectivity index (χ4n) is 4.40. The molecule has 2 aromatic carbocycles. The van der Waals surface area contributed by atoms with Crippen molar-refractivity contribution in [2.45, 2.75) is 69.4 Å². The molecule has 0 spiro atoms. The minimum atomic E-state index is -4.14. The number of amides is 2. The van der Waals surface area contributed by atoms with Crippen LogP contribution in [0.2, 0.25) is 0 Å². The van der Waals surface area contributed by atoms with Gasteiger partial charge in [-0.2, -0.15) is 0 Å². The molecule has 0 saturated heterocycles. The highest BCUT2D eigenvalue weighted by atomic mass is 32.2. The van der Waals surface area contributed by atoms with Crippen LogP contribution in [-0.2, 0) is 30.8 Å². The SMILES string of the molecule is CN(C(=O)[C@@H](CC(=O)O)Cc1ccccc1)[C@@H](CCCCNS(=O)(=O)c1ccccc1[N+](=O)[O-])CNC(=O)OC(C)(C)C. The third-order valence-electron chi connectivity index (χ3n) is 6.48. The molecule has 2 rings (SSSR count). The van der Waals surface area contributed by atoms with Gasteiger partial charge in [0.05, 0.1) is 17.3 Å². The molecule has 0 unspecified atom stereocenters. The number of aliphatic carboxylic acids is 1. The largest absolute Gasteiger partial charge is 0.481 e.